The highest BCUT2D eigenvalue weighted by Crippen LogP contribution is 2.36. The first-order chi connectivity index (χ1) is 14.4. The molecule has 2 aliphatic rings. The summed E-state index contributed by atoms with van der Waals surface area (Å²) in [6.07, 6.45) is 2.55. The van der Waals surface area contributed by atoms with Gasteiger partial charge in [-0.05, 0) is 30.7 Å². The van der Waals surface area contributed by atoms with Crippen LogP contribution in [-0.2, 0) is 21.8 Å². The standard InChI is InChI=1S/C21H27N3O5S/c1-22-11-5-6-17(22)21(25)23-12-9-16-18(10-13-23)29-19-7-3-4-8-20(19)30(26,27)24(16)14-15-28-2/h3-8,11,16,18H,9-10,12-15H2,1-2H3/t16-,18-/m0/s1. The number of para-hydroxylation sites is 1. The third kappa shape index (κ3) is 3.73. The maximum absolute atomic E-state index is 13.5. The number of hydrogen-bond acceptors (Lipinski definition) is 5. The van der Waals surface area contributed by atoms with Gasteiger partial charge in [-0.25, -0.2) is 8.42 Å². The summed E-state index contributed by atoms with van der Waals surface area (Å²) >= 11 is 0. The van der Waals surface area contributed by atoms with Crippen molar-refractivity contribution in [3.63, 3.8) is 0 Å². The van der Waals surface area contributed by atoms with Gasteiger partial charge < -0.3 is 18.9 Å². The van der Waals surface area contributed by atoms with E-state index >= 15 is 0 Å². The highest BCUT2D eigenvalue weighted by Gasteiger charge is 2.43. The normalized spacial score (nSPS) is 23.6. The number of fused-ring (bicyclic) bond motifs is 2. The lowest BCUT2D eigenvalue weighted by atomic mass is 10.1. The molecule has 0 aliphatic carbocycles. The molecule has 9 heteroatoms. The first-order valence-corrected chi connectivity index (χ1v) is 11.5. The average molecular weight is 434 g/mol. The smallest absolute Gasteiger partial charge is 0.270 e. The molecule has 0 spiro atoms. The van der Waals surface area contributed by atoms with E-state index in [0.717, 1.165) is 0 Å². The van der Waals surface area contributed by atoms with Crippen molar-refractivity contribution in [2.75, 3.05) is 33.4 Å². The fraction of sp³-hybridized carbons (Fsp3) is 0.476. The van der Waals surface area contributed by atoms with E-state index in [2.05, 4.69) is 0 Å². The number of aromatic nitrogens is 1. The Morgan fingerprint density at radius 3 is 2.67 bits per heavy atom. The lowest BCUT2D eigenvalue weighted by Gasteiger charge is -2.31. The summed E-state index contributed by atoms with van der Waals surface area (Å²) < 4.78 is 41.6. The minimum Gasteiger partial charge on any atom is -0.487 e. The number of methoxy groups -OCH3 is 1. The van der Waals surface area contributed by atoms with Crippen LogP contribution in [0.25, 0.3) is 0 Å². The third-order valence-electron chi connectivity index (χ3n) is 5.86. The summed E-state index contributed by atoms with van der Waals surface area (Å²) in [6, 6.07) is 10.0. The van der Waals surface area contributed by atoms with Crippen molar-refractivity contribution in [3.05, 3.63) is 48.3 Å². The van der Waals surface area contributed by atoms with E-state index in [9.17, 15) is 13.2 Å². The molecule has 2 aromatic rings. The predicted octanol–water partition coefficient (Wildman–Crippen LogP) is 1.73. The zero-order valence-corrected chi connectivity index (χ0v) is 18.0. The van der Waals surface area contributed by atoms with Gasteiger partial charge in [-0.15, -0.1) is 0 Å². The molecule has 1 fully saturated rings. The first-order valence-electron chi connectivity index (χ1n) is 10.1. The number of sulfonamides is 1. The number of nitrogens with zero attached hydrogens (tertiary/aromatic N) is 3. The number of benzene rings is 1. The predicted molar refractivity (Wildman–Crippen MR) is 111 cm³/mol. The van der Waals surface area contributed by atoms with E-state index in [1.54, 1.807) is 46.9 Å². The molecule has 2 aliphatic heterocycles. The fourth-order valence-electron chi connectivity index (χ4n) is 4.27. The van der Waals surface area contributed by atoms with E-state index in [1.807, 2.05) is 19.3 Å². The van der Waals surface area contributed by atoms with E-state index in [1.165, 1.54) is 4.31 Å². The van der Waals surface area contributed by atoms with Gasteiger partial charge in [-0.1, -0.05) is 12.1 Å². The van der Waals surface area contributed by atoms with E-state index < -0.39 is 10.0 Å². The monoisotopic (exact) mass is 433 g/mol. The second-order valence-electron chi connectivity index (χ2n) is 7.65. The molecule has 0 N–H and O–H groups in total. The van der Waals surface area contributed by atoms with Crippen LogP contribution in [0.5, 0.6) is 5.75 Å². The van der Waals surface area contributed by atoms with Crippen molar-refractivity contribution in [2.24, 2.45) is 7.05 Å². The molecule has 8 nitrogen and oxygen atoms in total. The Bertz CT molecular complexity index is 1020. The second kappa shape index (κ2) is 8.41. The van der Waals surface area contributed by atoms with Crippen LogP contribution in [-0.4, -0.2) is 73.6 Å². The molecule has 0 radical (unpaired) electrons. The SMILES string of the molecule is COCCN1[C@H]2CCN(C(=O)c3cccn3C)CC[C@@H]2Oc2ccccc2S1(=O)=O. The van der Waals surface area contributed by atoms with E-state index in [-0.39, 0.29) is 36.1 Å². The zero-order chi connectivity index (χ0) is 21.3. The molecule has 4 rings (SSSR count). The Morgan fingerprint density at radius 1 is 1.17 bits per heavy atom. The number of amides is 1. The average Bonchev–Trinajstić information content (AvgIpc) is 3.01. The minimum atomic E-state index is -3.75. The van der Waals surface area contributed by atoms with Crippen LogP contribution < -0.4 is 4.74 Å². The van der Waals surface area contributed by atoms with Gasteiger partial charge in [-0.2, -0.15) is 4.31 Å². The first kappa shape index (κ1) is 20.9. The number of carbonyl (C=O) groups excluding carboxylic acids is 1. The van der Waals surface area contributed by atoms with Gasteiger partial charge in [-0.3, -0.25) is 4.79 Å². The van der Waals surface area contributed by atoms with Crippen LogP contribution in [0.1, 0.15) is 23.3 Å². The van der Waals surface area contributed by atoms with Crippen molar-refractivity contribution in [1.82, 2.24) is 13.8 Å². The Hall–Kier alpha value is -2.36. The number of aryl methyl sites for hydroxylation is 1. The lowest BCUT2D eigenvalue weighted by Crippen LogP contribution is -2.48. The number of likely N-dealkylation sites (tertiary alicyclic amines) is 1. The molecule has 1 saturated heterocycles. The largest absolute Gasteiger partial charge is 0.487 e. The fourth-order valence-corrected chi connectivity index (χ4v) is 6.06. The highest BCUT2D eigenvalue weighted by atomic mass is 32.2. The maximum atomic E-state index is 13.5. The van der Waals surface area contributed by atoms with Crippen LogP contribution in [0.2, 0.25) is 0 Å². The van der Waals surface area contributed by atoms with Gasteiger partial charge >= 0.3 is 0 Å². The minimum absolute atomic E-state index is 0.0503. The van der Waals surface area contributed by atoms with E-state index in [4.69, 9.17) is 9.47 Å². The van der Waals surface area contributed by atoms with Gasteiger partial charge in [0.15, 0.2) is 0 Å². The van der Waals surface area contributed by atoms with Crippen molar-refractivity contribution in [2.45, 2.75) is 29.9 Å². The Balaban J connectivity index is 1.66. The number of ether oxygens (including phenoxy) is 2. The van der Waals surface area contributed by atoms with Crippen molar-refractivity contribution in [3.8, 4) is 5.75 Å². The quantitative estimate of drug-likeness (QED) is 0.734. The third-order valence-corrected chi connectivity index (χ3v) is 7.82. The Kier molecular flexibility index (Phi) is 5.86. The molecule has 1 aromatic heterocycles. The van der Waals surface area contributed by atoms with E-state index in [0.29, 0.717) is 37.4 Å². The van der Waals surface area contributed by atoms with Crippen LogP contribution >= 0.6 is 0 Å². The molecule has 30 heavy (non-hydrogen) atoms. The molecule has 0 unspecified atom stereocenters. The van der Waals surface area contributed by atoms with Crippen LogP contribution in [0.15, 0.2) is 47.5 Å². The summed E-state index contributed by atoms with van der Waals surface area (Å²) in [4.78, 5) is 15.0. The maximum Gasteiger partial charge on any atom is 0.270 e. The second-order valence-corrected chi connectivity index (χ2v) is 9.51. The molecular weight excluding hydrogens is 406 g/mol. The van der Waals surface area contributed by atoms with Gasteiger partial charge in [0.2, 0.25) is 10.0 Å². The molecule has 1 amide bonds. The zero-order valence-electron chi connectivity index (χ0n) is 17.2. The number of hydrogen-bond donors (Lipinski definition) is 0. The molecule has 2 atom stereocenters. The van der Waals surface area contributed by atoms with Gasteiger partial charge in [0.1, 0.15) is 22.4 Å². The molecule has 1 aromatic carbocycles. The van der Waals surface area contributed by atoms with Crippen LogP contribution in [0, 0.1) is 0 Å². The summed E-state index contributed by atoms with van der Waals surface area (Å²) in [6.45, 7) is 1.50. The van der Waals surface area contributed by atoms with Crippen LogP contribution in [0.3, 0.4) is 0 Å². The van der Waals surface area contributed by atoms with Crippen molar-refractivity contribution >= 4 is 15.9 Å². The molecule has 0 saturated carbocycles. The summed E-state index contributed by atoms with van der Waals surface area (Å²) in [5.74, 6) is 0.320. The summed E-state index contributed by atoms with van der Waals surface area (Å²) in [7, 11) is -0.348. The van der Waals surface area contributed by atoms with Crippen molar-refractivity contribution < 1.29 is 22.7 Å². The molecular formula is C21H27N3O5S. The summed E-state index contributed by atoms with van der Waals surface area (Å²) in [5.41, 5.74) is 0.618. The molecule has 3 heterocycles. The number of carbonyl (C=O) groups is 1. The summed E-state index contributed by atoms with van der Waals surface area (Å²) in [5, 5.41) is 0. The highest BCUT2D eigenvalue weighted by molar-refractivity contribution is 7.89. The molecule has 162 valence electrons. The van der Waals surface area contributed by atoms with Crippen LogP contribution in [0.4, 0.5) is 0 Å². The lowest BCUT2D eigenvalue weighted by molar-refractivity contribution is 0.0745. The van der Waals surface area contributed by atoms with Gasteiger partial charge in [0.25, 0.3) is 5.91 Å². The topological polar surface area (TPSA) is 81.1 Å². The molecule has 0 bridgehead atoms. The number of rotatable bonds is 4. The van der Waals surface area contributed by atoms with Gasteiger partial charge in [0.05, 0.1) is 12.6 Å². The van der Waals surface area contributed by atoms with Gasteiger partial charge in [0, 0.05) is 46.4 Å². The Labute approximate surface area is 177 Å². The van der Waals surface area contributed by atoms with Crippen molar-refractivity contribution in [1.29, 1.82) is 0 Å². The Morgan fingerprint density at radius 2 is 1.93 bits per heavy atom.